The van der Waals surface area contributed by atoms with Gasteiger partial charge in [-0.2, -0.15) is 5.10 Å². The summed E-state index contributed by atoms with van der Waals surface area (Å²) in [6.45, 7) is 0.615. The molecule has 4 rings (SSSR count). The zero-order valence-corrected chi connectivity index (χ0v) is 13.2. The fourth-order valence-corrected chi connectivity index (χ4v) is 3.79. The summed E-state index contributed by atoms with van der Waals surface area (Å²) in [4.78, 5) is 12.4. The number of carbonyl (C=O) groups is 1. The van der Waals surface area contributed by atoms with E-state index in [1.165, 1.54) is 15.6 Å². The Balaban J connectivity index is 1.47. The van der Waals surface area contributed by atoms with E-state index in [1.807, 2.05) is 18.2 Å². The van der Waals surface area contributed by atoms with E-state index in [4.69, 9.17) is 0 Å². The molecule has 4 aromatic rings. The van der Waals surface area contributed by atoms with E-state index >= 15 is 0 Å². The van der Waals surface area contributed by atoms with Crippen molar-refractivity contribution in [2.24, 2.45) is 0 Å². The molecule has 0 aliphatic heterocycles. The molecule has 0 bridgehead atoms. The highest BCUT2D eigenvalue weighted by Gasteiger charge is 2.11. The number of nitrogens with one attached hydrogen (secondary N) is 2. The number of H-pyrrole nitrogens is 1. The maximum Gasteiger partial charge on any atom is 0.253 e. The molecule has 0 aliphatic rings. The third kappa shape index (κ3) is 2.59. The van der Waals surface area contributed by atoms with Crippen LogP contribution in [0.1, 0.15) is 15.9 Å². The summed E-state index contributed by atoms with van der Waals surface area (Å²) >= 11 is 1.75. The van der Waals surface area contributed by atoms with Crippen LogP contribution in [0.3, 0.4) is 0 Å². The Hall–Kier alpha value is -2.66. The lowest BCUT2D eigenvalue weighted by atomic mass is 10.1. The number of rotatable bonds is 4. The zero-order chi connectivity index (χ0) is 15.6. The molecule has 0 saturated heterocycles. The van der Waals surface area contributed by atoms with Crippen molar-refractivity contribution < 1.29 is 4.79 Å². The highest BCUT2D eigenvalue weighted by molar-refractivity contribution is 7.17. The lowest BCUT2D eigenvalue weighted by Gasteiger charge is -2.06. The number of fused-ring (bicyclic) bond motifs is 2. The third-order valence-corrected chi connectivity index (χ3v) is 4.97. The number of amides is 1. The number of aromatic nitrogens is 2. The molecular weight excluding hydrogens is 306 g/mol. The number of aromatic amines is 1. The Bertz CT molecular complexity index is 986. The normalized spacial score (nSPS) is 11.1. The lowest BCUT2D eigenvalue weighted by molar-refractivity contribution is 0.0955. The minimum Gasteiger partial charge on any atom is -0.352 e. The molecule has 114 valence electrons. The van der Waals surface area contributed by atoms with E-state index in [1.54, 1.807) is 17.5 Å². The van der Waals surface area contributed by atoms with E-state index < -0.39 is 0 Å². The van der Waals surface area contributed by atoms with Crippen molar-refractivity contribution in [2.75, 3.05) is 6.54 Å². The molecule has 0 saturated carbocycles. The number of hydrogen-bond acceptors (Lipinski definition) is 3. The molecule has 0 fully saturated rings. The summed E-state index contributed by atoms with van der Waals surface area (Å²) in [5.74, 6) is -0.0700. The first-order valence-corrected chi connectivity index (χ1v) is 8.36. The Labute approximate surface area is 137 Å². The van der Waals surface area contributed by atoms with Gasteiger partial charge in [-0.1, -0.05) is 30.3 Å². The average molecular weight is 321 g/mol. The molecule has 2 N–H and O–H groups in total. The maximum absolute atomic E-state index is 12.4. The van der Waals surface area contributed by atoms with E-state index in [2.05, 4.69) is 45.2 Å². The van der Waals surface area contributed by atoms with Crippen LogP contribution in [-0.4, -0.2) is 22.6 Å². The van der Waals surface area contributed by atoms with E-state index in [0.717, 1.165) is 17.3 Å². The zero-order valence-electron chi connectivity index (χ0n) is 12.4. The first kappa shape index (κ1) is 14.0. The second-order valence-corrected chi connectivity index (χ2v) is 6.31. The standard InChI is InChI=1S/C18H15N3OS/c22-18(15-6-3-4-12-10-20-21-17(12)15)19-9-8-13-11-23-16-7-2-1-5-14(13)16/h1-7,10-11H,8-9H2,(H,19,22)(H,20,21). The summed E-state index contributed by atoms with van der Waals surface area (Å²) in [7, 11) is 0. The SMILES string of the molecule is O=C(NCCc1csc2ccccc12)c1cccc2cn[nH]c12. The molecule has 0 aliphatic carbocycles. The van der Waals surface area contributed by atoms with Gasteiger partial charge in [-0.05, 0) is 34.9 Å². The van der Waals surface area contributed by atoms with Gasteiger partial charge in [-0.25, -0.2) is 0 Å². The number of carbonyl (C=O) groups excluding carboxylic acids is 1. The molecule has 4 nitrogen and oxygen atoms in total. The molecule has 2 aromatic heterocycles. The Kier molecular flexibility index (Phi) is 3.55. The van der Waals surface area contributed by atoms with Crippen LogP contribution >= 0.6 is 11.3 Å². The minimum absolute atomic E-state index is 0.0700. The molecule has 0 spiro atoms. The van der Waals surface area contributed by atoms with Crippen LogP contribution in [0.5, 0.6) is 0 Å². The Morgan fingerprint density at radius 1 is 1.17 bits per heavy atom. The monoisotopic (exact) mass is 321 g/mol. The molecule has 2 aromatic carbocycles. The minimum atomic E-state index is -0.0700. The molecule has 2 heterocycles. The smallest absolute Gasteiger partial charge is 0.253 e. The highest BCUT2D eigenvalue weighted by Crippen LogP contribution is 2.25. The Morgan fingerprint density at radius 2 is 2.09 bits per heavy atom. The van der Waals surface area contributed by atoms with Gasteiger partial charge >= 0.3 is 0 Å². The van der Waals surface area contributed by atoms with Gasteiger partial charge in [-0.3, -0.25) is 9.89 Å². The van der Waals surface area contributed by atoms with Gasteiger partial charge in [0.1, 0.15) is 0 Å². The number of thiophene rings is 1. The van der Waals surface area contributed by atoms with Crippen LogP contribution in [0.15, 0.2) is 54.0 Å². The van der Waals surface area contributed by atoms with E-state index in [0.29, 0.717) is 12.1 Å². The fraction of sp³-hybridized carbons (Fsp3) is 0.111. The first-order chi connectivity index (χ1) is 11.3. The lowest BCUT2D eigenvalue weighted by Crippen LogP contribution is -2.25. The van der Waals surface area contributed by atoms with Crippen LogP contribution in [-0.2, 0) is 6.42 Å². The summed E-state index contributed by atoms with van der Waals surface area (Å²) in [6.07, 6.45) is 2.55. The van der Waals surface area contributed by atoms with Crippen LogP contribution < -0.4 is 5.32 Å². The van der Waals surface area contributed by atoms with Gasteiger partial charge in [0.05, 0.1) is 17.3 Å². The van der Waals surface area contributed by atoms with E-state index in [-0.39, 0.29) is 5.91 Å². The predicted octanol–water partition coefficient (Wildman–Crippen LogP) is 3.75. The number of hydrogen-bond donors (Lipinski definition) is 2. The molecule has 23 heavy (non-hydrogen) atoms. The van der Waals surface area contributed by atoms with Gasteiger partial charge in [0, 0.05) is 16.6 Å². The molecule has 0 unspecified atom stereocenters. The van der Waals surface area contributed by atoms with Crippen LogP contribution in [0, 0.1) is 0 Å². The fourth-order valence-electron chi connectivity index (χ4n) is 2.79. The average Bonchev–Trinajstić information content (AvgIpc) is 3.21. The van der Waals surface area contributed by atoms with Gasteiger partial charge in [0.2, 0.25) is 0 Å². The summed E-state index contributed by atoms with van der Waals surface area (Å²) < 4.78 is 1.29. The number of nitrogens with zero attached hydrogens (tertiary/aromatic N) is 1. The number of para-hydroxylation sites is 1. The van der Waals surface area contributed by atoms with Gasteiger partial charge < -0.3 is 5.32 Å². The largest absolute Gasteiger partial charge is 0.352 e. The van der Waals surface area contributed by atoms with Crippen molar-refractivity contribution in [2.45, 2.75) is 6.42 Å². The molecule has 1 amide bonds. The third-order valence-electron chi connectivity index (χ3n) is 3.96. The maximum atomic E-state index is 12.4. The van der Waals surface area contributed by atoms with Gasteiger partial charge in [-0.15, -0.1) is 11.3 Å². The molecule has 5 heteroatoms. The summed E-state index contributed by atoms with van der Waals surface area (Å²) in [5.41, 5.74) is 2.70. The summed E-state index contributed by atoms with van der Waals surface area (Å²) in [5, 5.41) is 14.3. The van der Waals surface area contributed by atoms with Crippen molar-refractivity contribution in [1.29, 1.82) is 0 Å². The molecule has 0 radical (unpaired) electrons. The van der Waals surface area contributed by atoms with Crippen molar-refractivity contribution in [3.63, 3.8) is 0 Å². The highest BCUT2D eigenvalue weighted by atomic mass is 32.1. The van der Waals surface area contributed by atoms with Crippen molar-refractivity contribution >= 4 is 38.2 Å². The number of benzene rings is 2. The van der Waals surface area contributed by atoms with Crippen molar-refractivity contribution in [3.05, 3.63) is 65.2 Å². The van der Waals surface area contributed by atoms with Crippen LogP contribution in [0.2, 0.25) is 0 Å². The van der Waals surface area contributed by atoms with Crippen LogP contribution in [0.4, 0.5) is 0 Å². The van der Waals surface area contributed by atoms with Crippen LogP contribution in [0.25, 0.3) is 21.0 Å². The van der Waals surface area contributed by atoms with Gasteiger partial charge in [0.25, 0.3) is 5.91 Å². The van der Waals surface area contributed by atoms with E-state index in [9.17, 15) is 4.79 Å². The van der Waals surface area contributed by atoms with Crippen molar-refractivity contribution in [1.82, 2.24) is 15.5 Å². The van der Waals surface area contributed by atoms with Gasteiger partial charge in [0.15, 0.2) is 0 Å². The second kappa shape index (κ2) is 5.85. The quantitative estimate of drug-likeness (QED) is 0.601. The van der Waals surface area contributed by atoms with Crippen molar-refractivity contribution in [3.8, 4) is 0 Å². The molecule has 0 atom stereocenters. The Morgan fingerprint density at radius 3 is 3.04 bits per heavy atom. The topological polar surface area (TPSA) is 57.8 Å². The predicted molar refractivity (Wildman–Crippen MR) is 94.0 cm³/mol. The first-order valence-electron chi connectivity index (χ1n) is 7.48. The summed E-state index contributed by atoms with van der Waals surface area (Å²) in [6, 6.07) is 14.0. The second-order valence-electron chi connectivity index (χ2n) is 5.40. The molecular formula is C18H15N3OS.